The zero-order valence-electron chi connectivity index (χ0n) is 14.5. The minimum Gasteiger partial charge on any atom is -0.362 e. The standard InChI is InChI=1S/C19H23F3N2O2/c20-19(21,22)18(26)13-16(15-9-5-2-6-10-15)23-24(18)17(25)12-11-14-7-3-1-4-8-14/h1,3-4,7-8,15,26H,2,5-6,9-13H2. The first-order valence-electron chi connectivity index (χ1n) is 9.05. The molecule has 7 heteroatoms. The molecule has 142 valence electrons. The van der Waals surface area contributed by atoms with Crippen LogP contribution >= 0.6 is 0 Å². The van der Waals surface area contributed by atoms with Gasteiger partial charge in [-0.15, -0.1) is 0 Å². The van der Waals surface area contributed by atoms with Crippen molar-refractivity contribution in [1.82, 2.24) is 5.01 Å². The number of hydrogen-bond acceptors (Lipinski definition) is 3. The number of carbonyl (C=O) groups excluding carboxylic acids is 1. The summed E-state index contributed by atoms with van der Waals surface area (Å²) in [5.41, 5.74) is -2.07. The van der Waals surface area contributed by atoms with E-state index in [0.717, 1.165) is 37.7 Å². The van der Waals surface area contributed by atoms with E-state index in [1.165, 1.54) is 0 Å². The molecular weight excluding hydrogens is 345 g/mol. The van der Waals surface area contributed by atoms with Crippen LogP contribution in [0.25, 0.3) is 0 Å². The van der Waals surface area contributed by atoms with Crippen LogP contribution in [-0.2, 0) is 11.2 Å². The third-order valence-corrected chi connectivity index (χ3v) is 5.24. The molecule has 1 heterocycles. The Morgan fingerprint density at radius 3 is 2.46 bits per heavy atom. The van der Waals surface area contributed by atoms with Gasteiger partial charge >= 0.3 is 6.18 Å². The van der Waals surface area contributed by atoms with Crippen molar-refractivity contribution in [3.05, 3.63) is 35.9 Å². The van der Waals surface area contributed by atoms with Gasteiger partial charge in [-0.1, -0.05) is 49.6 Å². The predicted octanol–water partition coefficient (Wildman–Crippen LogP) is 4.04. The van der Waals surface area contributed by atoms with E-state index in [4.69, 9.17) is 0 Å². The minimum atomic E-state index is -4.95. The van der Waals surface area contributed by atoms with Crippen LogP contribution in [0.5, 0.6) is 0 Å². The molecule has 3 rings (SSSR count). The van der Waals surface area contributed by atoms with E-state index in [2.05, 4.69) is 5.10 Å². The highest BCUT2D eigenvalue weighted by atomic mass is 19.4. The predicted molar refractivity (Wildman–Crippen MR) is 91.2 cm³/mol. The average molecular weight is 368 g/mol. The van der Waals surface area contributed by atoms with Gasteiger partial charge in [0.2, 0.25) is 5.91 Å². The molecule has 1 aromatic rings. The van der Waals surface area contributed by atoms with Crippen LogP contribution in [0.1, 0.15) is 50.5 Å². The third kappa shape index (κ3) is 3.77. The summed E-state index contributed by atoms with van der Waals surface area (Å²) in [4.78, 5) is 12.5. The highest BCUT2D eigenvalue weighted by Gasteiger charge is 2.63. The molecular formula is C19H23F3N2O2. The zero-order valence-corrected chi connectivity index (χ0v) is 14.5. The maximum atomic E-state index is 13.5. The van der Waals surface area contributed by atoms with E-state index in [0.29, 0.717) is 17.1 Å². The summed E-state index contributed by atoms with van der Waals surface area (Å²) < 4.78 is 40.6. The molecule has 4 nitrogen and oxygen atoms in total. The van der Waals surface area contributed by atoms with E-state index in [9.17, 15) is 23.1 Å². The molecule has 0 aromatic heterocycles. The Morgan fingerprint density at radius 1 is 1.19 bits per heavy atom. The van der Waals surface area contributed by atoms with E-state index in [-0.39, 0.29) is 12.3 Å². The third-order valence-electron chi connectivity index (χ3n) is 5.24. The van der Waals surface area contributed by atoms with Crippen molar-refractivity contribution in [3.63, 3.8) is 0 Å². The Kier molecular flexibility index (Phi) is 5.37. The monoisotopic (exact) mass is 368 g/mol. The second-order valence-corrected chi connectivity index (χ2v) is 7.11. The molecule has 1 N–H and O–H groups in total. The van der Waals surface area contributed by atoms with Crippen molar-refractivity contribution in [2.24, 2.45) is 11.0 Å². The van der Waals surface area contributed by atoms with Crippen LogP contribution < -0.4 is 0 Å². The maximum Gasteiger partial charge on any atom is 0.438 e. The molecule has 1 unspecified atom stereocenters. The van der Waals surface area contributed by atoms with Gasteiger partial charge in [0, 0.05) is 18.6 Å². The Hall–Kier alpha value is -1.89. The summed E-state index contributed by atoms with van der Waals surface area (Å²) in [5, 5.41) is 14.6. The maximum absolute atomic E-state index is 13.5. The minimum absolute atomic E-state index is 0.0791. The first kappa shape index (κ1) is 18.9. The molecule has 0 spiro atoms. The van der Waals surface area contributed by atoms with Gasteiger partial charge in [0.05, 0.1) is 0 Å². The SMILES string of the molecule is O=C(CCc1ccccc1)N1N=C(C2CCCCC2)CC1(O)C(F)(F)F. The first-order valence-corrected chi connectivity index (χ1v) is 9.05. The number of hydrazone groups is 1. The molecule has 0 bridgehead atoms. The van der Waals surface area contributed by atoms with Gasteiger partial charge < -0.3 is 5.11 Å². The average Bonchev–Trinajstić information content (AvgIpc) is 3.00. The number of nitrogens with zero attached hydrogens (tertiary/aromatic N) is 2. The molecule has 0 radical (unpaired) electrons. The molecule has 1 aromatic carbocycles. The lowest BCUT2D eigenvalue weighted by atomic mass is 9.83. The van der Waals surface area contributed by atoms with Crippen LogP contribution in [-0.4, -0.2) is 33.6 Å². The molecule has 1 saturated carbocycles. The van der Waals surface area contributed by atoms with Crippen LogP contribution in [0.3, 0.4) is 0 Å². The van der Waals surface area contributed by atoms with Crippen molar-refractivity contribution in [1.29, 1.82) is 0 Å². The largest absolute Gasteiger partial charge is 0.438 e. The zero-order chi connectivity index (χ0) is 18.8. The lowest BCUT2D eigenvalue weighted by Gasteiger charge is -2.32. The van der Waals surface area contributed by atoms with Crippen LogP contribution in [0.2, 0.25) is 0 Å². The summed E-state index contributed by atoms with van der Waals surface area (Å²) in [6.07, 6.45) is -0.952. The molecule has 26 heavy (non-hydrogen) atoms. The Labute approximate surface area is 150 Å². The van der Waals surface area contributed by atoms with Crippen LogP contribution in [0, 0.1) is 5.92 Å². The number of hydrogen-bond donors (Lipinski definition) is 1. The van der Waals surface area contributed by atoms with Gasteiger partial charge in [-0.25, -0.2) is 0 Å². The van der Waals surface area contributed by atoms with E-state index >= 15 is 0 Å². The topological polar surface area (TPSA) is 52.9 Å². The van der Waals surface area contributed by atoms with E-state index in [1.807, 2.05) is 18.2 Å². The van der Waals surface area contributed by atoms with Crippen molar-refractivity contribution in [2.45, 2.75) is 63.3 Å². The normalized spacial score (nSPS) is 24.6. The van der Waals surface area contributed by atoms with Gasteiger partial charge in [0.1, 0.15) is 0 Å². The van der Waals surface area contributed by atoms with E-state index in [1.54, 1.807) is 12.1 Å². The lowest BCUT2D eigenvalue weighted by Crippen LogP contribution is -2.56. The van der Waals surface area contributed by atoms with E-state index < -0.39 is 24.2 Å². The number of aliphatic hydroxyl groups is 1. The fraction of sp³-hybridized carbons (Fsp3) is 0.579. The highest BCUT2D eigenvalue weighted by Crippen LogP contribution is 2.43. The van der Waals surface area contributed by atoms with Crippen LogP contribution in [0.15, 0.2) is 35.4 Å². The number of amides is 1. The van der Waals surface area contributed by atoms with Gasteiger partial charge in [-0.2, -0.15) is 23.3 Å². The van der Waals surface area contributed by atoms with Crippen molar-refractivity contribution in [3.8, 4) is 0 Å². The second kappa shape index (κ2) is 7.39. The van der Waals surface area contributed by atoms with Gasteiger partial charge in [0.25, 0.3) is 5.72 Å². The number of aryl methyl sites for hydroxylation is 1. The number of halogens is 3. The summed E-state index contributed by atoms with van der Waals surface area (Å²) in [6.45, 7) is 0. The fourth-order valence-corrected chi connectivity index (χ4v) is 3.72. The second-order valence-electron chi connectivity index (χ2n) is 7.11. The Morgan fingerprint density at radius 2 is 1.85 bits per heavy atom. The summed E-state index contributed by atoms with van der Waals surface area (Å²) in [5.74, 6) is -0.885. The van der Waals surface area contributed by atoms with Crippen LogP contribution in [0.4, 0.5) is 13.2 Å². The number of carbonyl (C=O) groups is 1. The van der Waals surface area contributed by atoms with Gasteiger partial charge in [0.15, 0.2) is 0 Å². The smallest absolute Gasteiger partial charge is 0.362 e. The Balaban J connectivity index is 1.77. The lowest BCUT2D eigenvalue weighted by molar-refractivity contribution is -0.302. The highest BCUT2D eigenvalue weighted by molar-refractivity contribution is 5.92. The molecule has 1 atom stereocenters. The fourth-order valence-electron chi connectivity index (χ4n) is 3.72. The summed E-state index contributed by atoms with van der Waals surface area (Å²) >= 11 is 0. The molecule has 1 amide bonds. The van der Waals surface area contributed by atoms with Crippen molar-refractivity contribution < 1.29 is 23.1 Å². The molecule has 0 saturated heterocycles. The van der Waals surface area contributed by atoms with Gasteiger partial charge in [-0.05, 0) is 30.7 Å². The first-order chi connectivity index (χ1) is 12.3. The number of alkyl halides is 3. The molecule has 2 aliphatic rings. The summed E-state index contributed by atoms with van der Waals surface area (Å²) in [7, 11) is 0. The molecule has 1 aliphatic heterocycles. The number of rotatable bonds is 4. The quantitative estimate of drug-likeness (QED) is 0.872. The number of benzene rings is 1. The molecule has 1 aliphatic carbocycles. The Bertz CT molecular complexity index is 669. The van der Waals surface area contributed by atoms with Crippen molar-refractivity contribution in [2.75, 3.05) is 0 Å². The van der Waals surface area contributed by atoms with Gasteiger partial charge in [-0.3, -0.25) is 4.79 Å². The van der Waals surface area contributed by atoms with Crippen molar-refractivity contribution >= 4 is 11.6 Å². The molecule has 1 fully saturated rings. The summed E-state index contributed by atoms with van der Waals surface area (Å²) in [6, 6.07) is 9.06.